The molecule has 0 saturated heterocycles. The summed E-state index contributed by atoms with van der Waals surface area (Å²) in [6, 6.07) is 16.6. The molecule has 2 heterocycles. The number of benzene rings is 2. The Labute approximate surface area is 188 Å². The maximum atomic E-state index is 13.6. The highest BCUT2D eigenvalue weighted by Gasteiger charge is 2.25. The number of ether oxygens (including phenoxy) is 1. The van der Waals surface area contributed by atoms with Crippen LogP contribution in [-0.4, -0.2) is 43.7 Å². The fraction of sp³-hybridized carbons (Fsp3) is 0.182. The van der Waals surface area contributed by atoms with E-state index in [1.807, 2.05) is 30.3 Å². The predicted molar refractivity (Wildman–Crippen MR) is 119 cm³/mol. The lowest BCUT2D eigenvalue weighted by Crippen LogP contribution is -2.30. The first-order chi connectivity index (χ1) is 15.6. The van der Waals surface area contributed by atoms with Gasteiger partial charge >= 0.3 is 5.97 Å². The van der Waals surface area contributed by atoms with E-state index < -0.39 is 5.97 Å². The average Bonchev–Trinajstić information content (AvgIpc) is 3.48. The van der Waals surface area contributed by atoms with Crippen LogP contribution in [-0.2, 0) is 11.3 Å². The molecule has 0 N–H and O–H groups in total. The van der Waals surface area contributed by atoms with Crippen molar-refractivity contribution in [2.75, 3.05) is 11.5 Å². The van der Waals surface area contributed by atoms with Gasteiger partial charge in [0.15, 0.2) is 5.13 Å². The van der Waals surface area contributed by atoms with Crippen LogP contribution in [0.25, 0.3) is 5.69 Å². The van der Waals surface area contributed by atoms with Crippen molar-refractivity contribution in [1.82, 2.24) is 25.2 Å². The van der Waals surface area contributed by atoms with Crippen LogP contribution in [0.1, 0.15) is 38.2 Å². The van der Waals surface area contributed by atoms with Crippen LogP contribution in [0, 0.1) is 6.92 Å². The van der Waals surface area contributed by atoms with Gasteiger partial charge in [0.05, 0.1) is 24.5 Å². The number of nitrogens with zero attached hydrogens (tertiary/aromatic N) is 6. The quantitative estimate of drug-likeness (QED) is 0.399. The Bertz CT molecular complexity index is 1220. The van der Waals surface area contributed by atoms with Crippen molar-refractivity contribution in [3.63, 3.8) is 0 Å². The molecule has 10 heteroatoms. The minimum Gasteiger partial charge on any atom is -0.462 e. The minimum absolute atomic E-state index is 0.257. The van der Waals surface area contributed by atoms with Gasteiger partial charge in [0.25, 0.3) is 5.91 Å². The average molecular weight is 449 g/mol. The van der Waals surface area contributed by atoms with Crippen LogP contribution in [0.3, 0.4) is 0 Å². The largest absolute Gasteiger partial charge is 0.462 e. The number of anilines is 1. The summed E-state index contributed by atoms with van der Waals surface area (Å²) in [7, 11) is 0. The van der Waals surface area contributed by atoms with Gasteiger partial charge < -0.3 is 4.74 Å². The van der Waals surface area contributed by atoms with E-state index >= 15 is 0 Å². The van der Waals surface area contributed by atoms with Gasteiger partial charge in [-0.1, -0.05) is 47.7 Å². The number of rotatable bonds is 7. The summed E-state index contributed by atoms with van der Waals surface area (Å²) in [5.41, 5.74) is 2.56. The van der Waals surface area contributed by atoms with Crippen molar-refractivity contribution in [1.29, 1.82) is 0 Å². The molecule has 0 spiro atoms. The molecule has 2 aromatic carbocycles. The molecule has 0 aliphatic rings. The second-order valence-corrected chi connectivity index (χ2v) is 7.79. The van der Waals surface area contributed by atoms with Crippen molar-refractivity contribution >= 4 is 28.3 Å². The lowest BCUT2D eigenvalue weighted by molar-refractivity contribution is 0.0531. The smallest absolute Gasteiger partial charge is 0.350 e. The molecular formula is C22H20N6O3S. The SMILES string of the molecule is CCOC(=O)c1sc(N(Cc2ccccc2)C(=O)c2cccc(-n3cnnn3)c2)nc1C. The highest BCUT2D eigenvalue weighted by molar-refractivity contribution is 7.17. The molecular weight excluding hydrogens is 428 g/mol. The molecule has 0 aliphatic carbocycles. The Morgan fingerprint density at radius 1 is 1.12 bits per heavy atom. The Balaban J connectivity index is 1.72. The summed E-state index contributed by atoms with van der Waals surface area (Å²) in [6.45, 7) is 4.04. The zero-order valence-corrected chi connectivity index (χ0v) is 18.3. The second kappa shape index (κ2) is 9.48. The third kappa shape index (κ3) is 4.54. The zero-order valence-electron chi connectivity index (χ0n) is 17.5. The number of carbonyl (C=O) groups is 2. The van der Waals surface area contributed by atoms with Crippen molar-refractivity contribution < 1.29 is 14.3 Å². The fourth-order valence-corrected chi connectivity index (χ4v) is 4.05. The van der Waals surface area contributed by atoms with Gasteiger partial charge in [-0.25, -0.2) is 14.5 Å². The predicted octanol–water partition coefficient (Wildman–Crippen LogP) is 3.45. The van der Waals surface area contributed by atoms with Gasteiger partial charge in [-0.15, -0.1) is 5.10 Å². The normalized spacial score (nSPS) is 10.7. The van der Waals surface area contributed by atoms with E-state index in [9.17, 15) is 9.59 Å². The number of amides is 1. The van der Waals surface area contributed by atoms with Crippen LogP contribution in [0.2, 0.25) is 0 Å². The molecule has 0 aliphatic heterocycles. The Hall–Kier alpha value is -3.92. The first-order valence-electron chi connectivity index (χ1n) is 9.90. The van der Waals surface area contributed by atoms with Crippen molar-refractivity contribution in [3.05, 3.63) is 82.6 Å². The Morgan fingerprint density at radius 2 is 1.94 bits per heavy atom. The number of aryl methyl sites for hydroxylation is 1. The third-order valence-corrected chi connectivity index (χ3v) is 5.77. The van der Waals surface area contributed by atoms with Crippen molar-refractivity contribution in [3.8, 4) is 5.69 Å². The lowest BCUT2D eigenvalue weighted by atomic mass is 10.1. The summed E-state index contributed by atoms with van der Waals surface area (Å²) < 4.78 is 6.61. The number of thiazole rings is 1. The molecule has 0 fully saturated rings. The molecule has 9 nitrogen and oxygen atoms in total. The molecule has 162 valence electrons. The number of hydrogen-bond donors (Lipinski definition) is 0. The van der Waals surface area contributed by atoms with Gasteiger partial charge in [0.2, 0.25) is 0 Å². The van der Waals surface area contributed by atoms with E-state index in [1.165, 1.54) is 11.0 Å². The minimum atomic E-state index is -0.443. The molecule has 4 rings (SSSR count). The van der Waals surface area contributed by atoms with Gasteiger partial charge in [0, 0.05) is 5.56 Å². The molecule has 0 radical (unpaired) electrons. The highest BCUT2D eigenvalue weighted by atomic mass is 32.1. The maximum absolute atomic E-state index is 13.6. The van der Waals surface area contributed by atoms with Crippen molar-refractivity contribution in [2.24, 2.45) is 0 Å². The topological polar surface area (TPSA) is 103 Å². The standard InChI is InChI=1S/C22H20N6O3S/c1-3-31-21(30)19-15(2)24-22(32-19)27(13-16-8-5-4-6-9-16)20(29)17-10-7-11-18(12-17)28-14-23-25-26-28/h4-12,14H,3,13H2,1-2H3. The van der Waals surface area contributed by atoms with Gasteiger partial charge in [0.1, 0.15) is 11.2 Å². The van der Waals surface area contributed by atoms with Crippen LogP contribution in [0.15, 0.2) is 60.9 Å². The number of aromatic nitrogens is 5. The molecule has 4 aromatic rings. The van der Waals surface area contributed by atoms with E-state index in [1.54, 1.807) is 43.0 Å². The molecule has 0 atom stereocenters. The highest BCUT2D eigenvalue weighted by Crippen LogP contribution is 2.29. The first kappa shape index (κ1) is 21.3. The number of esters is 1. The Morgan fingerprint density at radius 3 is 2.66 bits per heavy atom. The molecule has 0 bridgehead atoms. The molecule has 2 aromatic heterocycles. The monoisotopic (exact) mass is 448 g/mol. The second-order valence-electron chi connectivity index (χ2n) is 6.81. The Kier molecular flexibility index (Phi) is 6.31. The number of hydrogen-bond acceptors (Lipinski definition) is 8. The summed E-state index contributed by atoms with van der Waals surface area (Å²) in [5.74, 6) is -0.700. The zero-order chi connectivity index (χ0) is 22.5. The van der Waals surface area contributed by atoms with Crippen LogP contribution in [0.4, 0.5) is 5.13 Å². The maximum Gasteiger partial charge on any atom is 0.350 e. The van der Waals surface area contributed by atoms with Gasteiger partial charge in [-0.3, -0.25) is 9.69 Å². The van der Waals surface area contributed by atoms with Crippen molar-refractivity contribution in [2.45, 2.75) is 20.4 Å². The summed E-state index contributed by atoms with van der Waals surface area (Å²) in [6.07, 6.45) is 1.46. The van der Waals surface area contributed by atoms with E-state index in [4.69, 9.17) is 4.74 Å². The van der Waals surface area contributed by atoms with E-state index in [0.717, 1.165) is 16.9 Å². The molecule has 32 heavy (non-hydrogen) atoms. The van der Waals surface area contributed by atoms with Crippen LogP contribution >= 0.6 is 11.3 Å². The van der Waals surface area contributed by atoms with Gasteiger partial charge in [-0.05, 0) is 48.0 Å². The van der Waals surface area contributed by atoms with Crippen LogP contribution < -0.4 is 4.90 Å². The van der Waals surface area contributed by atoms with Crippen LogP contribution in [0.5, 0.6) is 0 Å². The number of carbonyl (C=O) groups excluding carboxylic acids is 2. The fourth-order valence-electron chi connectivity index (χ4n) is 3.09. The molecule has 1 amide bonds. The summed E-state index contributed by atoms with van der Waals surface area (Å²) >= 11 is 1.14. The summed E-state index contributed by atoms with van der Waals surface area (Å²) in [4.78, 5) is 32.4. The van der Waals surface area contributed by atoms with E-state index in [0.29, 0.717) is 33.5 Å². The molecule has 0 saturated carbocycles. The lowest BCUT2D eigenvalue weighted by Gasteiger charge is -2.20. The summed E-state index contributed by atoms with van der Waals surface area (Å²) in [5, 5.41) is 11.6. The van der Waals surface area contributed by atoms with E-state index in [2.05, 4.69) is 20.5 Å². The molecule has 0 unspecified atom stereocenters. The third-order valence-electron chi connectivity index (χ3n) is 4.61. The van der Waals surface area contributed by atoms with Gasteiger partial charge in [-0.2, -0.15) is 0 Å². The van der Waals surface area contributed by atoms with E-state index in [-0.39, 0.29) is 12.5 Å². The number of tetrazole rings is 1. The first-order valence-corrected chi connectivity index (χ1v) is 10.7.